The van der Waals surface area contributed by atoms with E-state index in [1.807, 2.05) is 0 Å². The van der Waals surface area contributed by atoms with Crippen molar-refractivity contribution in [2.75, 3.05) is 12.4 Å². The number of Topliss-reactive ketones (excluding diaryl/α,β-unsaturated/α-hetero) is 3. The van der Waals surface area contributed by atoms with Crippen LogP contribution in [0.5, 0.6) is 0 Å². The van der Waals surface area contributed by atoms with Gasteiger partial charge in [-0.2, -0.15) is 0 Å². The summed E-state index contributed by atoms with van der Waals surface area (Å²) in [4.78, 5) is 73.2. The number of fused-ring (bicyclic) bond motifs is 1. The van der Waals surface area contributed by atoms with Crippen LogP contribution >= 0.6 is 11.8 Å². The maximum atomic E-state index is 12.6. The number of allylic oxidation sites excluding steroid dienone is 1. The number of hydrogen-bond donors (Lipinski definition) is 1. The molecule has 144 valence electrons. The number of rotatable bonds is 3. The van der Waals surface area contributed by atoms with Gasteiger partial charge in [0, 0.05) is 37.1 Å². The highest BCUT2D eigenvalue weighted by molar-refractivity contribution is 8.00. The van der Waals surface area contributed by atoms with Crippen LogP contribution in [0.15, 0.2) is 11.3 Å². The molecule has 0 aromatic heterocycles. The number of aliphatic carboxylic acids is 1. The van der Waals surface area contributed by atoms with Gasteiger partial charge in [-0.25, -0.2) is 0 Å². The van der Waals surface area contributed by atoms with Crippen molar-refractivity contribution in [1.29, 1.82) is 0 Å². The second-order valence-electron chi connectivity index (χ2n) is 6.54. The molecule has 3 fully saturated rings. The van der Waals surface area contributed by atoms with Gasteiger partial charge in [0.1, 0.15) is 12.0 Å². The Balaban J connectivity index is 2.08. The van der Waals surface area contributed by atoms with E-state index in [2.05, 4.69) is 0 Å². The topological polar surface area (TPSA) is 135 Å². The standard InChI is InChI=1S/C17H17NO8S/c1-7(19)26-5-8-6-27-16-12(17(24)25)15(23)18(16)13(8)11-9(20)3-2-4-10(21)14(11)22/h8,12,16H,2-6H2,1H3,(H,24,25)/t8?,12-,16-/m1/s1. The molecule has 27 heavy (non-hydrogen) atoms. The lowest BCUT2D eigenvalue weighted by Gasteiger charge is -2.51. The number of hydrogen-bond acceptors (Lipinski definition) is 8. The number of carboxylic acids is 1. The smallest absolute Gasteiger partial charge is 0.319 e. The molecule has 10 heteroatoms. The highest BCUT2D eigenvalue weighted by atomic mass is 32.2. The lowest BCUT2D eigenvalue weighted by molar-refractivity contribution is -0.162. The third kappa shape index (κ3) is 3.29. The van der Waals surface area contributed by atoms with Crippen LogP contribution in [-0.4, -0.2) is 62.9 Å². The molecular weight excluding hydrogens is 378 g/mol. The number of ether oxygens (including phenoxy) is 1. The fourth-order valence-electron chi connectivity index (χ4n) is 3.45. The number of nitrogens with zero attached hydrogens (tertiary/aromatic N) is 1. The number of esters is 1. The summed E-state index contributed by atoms with van der Waals surface area (Å²) >= 11 is 1.18. The molecule has 2 aliphatic heterocycles. The van der Waals surface area contributed by atoms with E-state index >= 15 is 0 Å². The van der Waals surface area contributed by atoms with Gasteiger partial charge < -0.3 is 14.7 Å². The van der Waals surface area contributed by atoms with Crippen molar-refractivity contribution in [1.82, 2.24) is 4.90 Å². The summed E-state index contributed by atoms with van der Waals surface area (Å²) in [6, 6.07) is 0. The summed E-state index contributed by atoms with van der Waals surface area (Å²) in [6.45, 7) is 1.02. The Morgan fingerprint density at radius 2 is 1.85 bits per heavy atom. The molecule has 1 N–H and O–H groups in total. The van der Waals surface area contributed by atoms with Gasteiger partial charge in [0.2, 0.25) is 17.5 Å². The second kappa shape index (κ2) is 7.26. The molecule has 0 bridgehead atoms. The summed E-state index contributed by atoms with van der Waals surface area (Å²) in [5.41, 5.74) is -0.343. The third-order valence-electron chi connectivity index (χ3n) is 4.73. The fraction of sp³-hybridized carbons (Fsp3) is 0.529. The van der Waals surface area contributed by atoms with Gasteiger partial charge in [-0.15, -0.1) is 11.8 Å². The average Bonchev–Trinajstić information content (AvgIpc) is 2.70. The maximum absolute atomic E-state index is 12.6. The molecule has 1 unspecified atom stereocenters. The van der Waals surface area contributed by atoms with E-state index in [1.54, 1.807) is 0 Å². The summed E-state index contributed by atoms with van der Waals surface area (Å²) in [6.07, 6.45) is 0.164. The Labute approximate surface area is 158 Å². The fourth-order valence-corrected chi connectivity index (χ4v) is 4.93. The van der Waals surface area contributed by atoms with E-state index in [0.717, 1.165) is 4.90 Å². The lowest BCUT2D eigenvalue weighted by atomic mass is 9.88. The van der Waals surface area contributed by atoms with Crippen LogP contribution in [0, 0.1) is 11.8 Å². The Bertz CT molecular complexity index is 801. The molecule has 1 saturated carbocycles. The van der Waals surface area contributed by atoms with Crippen molar-refractivity contribution < 1.29 is 38.6 Å². The predicted octanol–water partition coefficient (Wildman–Crippen LogP) is -0.0731. The first-order chi connectivity index (χ1) is 12.7. The molecule has 0 radical (unpaired) electrons. The van der Waals surface area contributed by atoms with E-state index in [4.69, 9.17) is 4.74 Å². The van der Waals surface area contributed by atoms with E-state index in [-0.39, 0.29) is 42.9 Å². The summed E-state index contributed by atoms with van der Waals surface area (Å²) in [7, 11) is 0. The monoisotopic (exact) mass is 395 g/mol. The number of amides is 1. The van der Waals surface area contributed by atoms with Crippen LogP contribution < -0.4 is 0 Å². The van der Waals surface area contributed by atoms with Crippen molar-refractivity contribution in [3.63, 3.8) is 0 Å². The molecule has 0 spiro atoms. The summed E-state index contributed by atoms with van der Waals surface area (Å²) in [5.74, 6) is -6.51. The van der Waals surface area contributed by atoms with E-state index in [1.165, 1.54) is 18.7 Å². The number of thioether (sulfide) groups is 1. The Morgan fingerprint density at radius 3 is 2.48 bits per heavy atom. The highest BCUT2D eigenvalue weighted by Gasteiger charge is 2.58. The Morgan fingerprint density at radius 1 is 1.19 bits per heavy atom. The normalized spacial score (nSPS) is 31.1. The van der Waals surface area contributed by atoms with Gasteiger partial charge in [-0.1, -0.05) is 0 Å². The zero-order valence-electron chi connectivity index (χ0n) is 14.4. The molecule has 1 aliphatic carbocycles. The van der Waals surface area contributed by atoms with Crippen molar-refractivity contribution in [3.8, 4) is 0 Å². The SMILES string of the molecule is CC(=O)OCC1CS[C@@H]2[C@H](C(=O)O)C(=O)N2C1=C1C(=O)CCCC(=O)C1=O. The van der Waals surface area contributed by atoms with Crippen LogP contribution in [0.25, 0.3) is 0 Å². The molecule has 3 rings (SSSR count). The van der Waals surface area contributed by atoms with Crippen molar-refractivity contribution >= 4 is 47.0 Å². The molecule has 1 amide bonds. The molecule has 9 nitrogen and oxygen atoms in total. The average molecular weight is 395 g/mol. The first-order valence-corrected chi connectivity index (χ1v) is 9.44. The van der Waals surface area contributed by atoms with Gasteiger partial charge in [0.25, 0.3) is 0 Å². The molecule has 2 saturated heterocycles. The number of ketones is 3. The van der Waals surface area contributed by atoms with Gasteiger partial charge >= 0.3 is 11.9 Å². The number of carbonyl (C=O) groups is 6. The molecular formula is C17H17NO8S. The number of carbonyl (C=O) groups excluding carboxylic acids is 5. The van der Waals surface area contributed by atoms with Gasteiger partial charge in [-0.05, 0) is 6.42 Å². The quantitative estimate of drug-likeness (QED) is 0.132. The van der Waals surface area contributed by atoms with Crippen molar-refractivity contribution in [2.24, 2.45) is 11.8 Å². The zero-order valence-corrected chi connectivity index (χ0v) is 15.2. The lowest BCUT2D eigenvalue weighted by Crippen LogP contribution is -2.65. The minimum atomic E-state index is -1.29. The number of carboxylic acid groups (broad SMARTS) is 1. The first-order valence-electron chi connectivity index (χ1n) is 8.39. The molecule has 3 aliphatic rings. The zero-order chi connectivity index (χ0) is 19.9. The minimum absolute atomic E-state index is 0.0151. The van der Waals surface area contributed by atoms with Gasteiger partial charge in [-0.3, -0.25) is 28.8 Å². The van der Waals surface area contributed by atoms with Crippen LogP contribution in [-0.2, 0) is 33.5 Å². The first kappa shape index (κ1) is 19.3. The maximum Gasteiger partial charge on any atom is 0.319 e. The minimum Gasteiger partial charge on any atom is -0.481 e. The largest absolute Gasteiger partial charge is 0.481 e. The predicted molar refractivity (Wildman–Crippen MR) is 90.2 cm³/mol. The Hall–Kier alpha value is -2.49. The molecule has 0 aromatic carbocycles. The van der Waals surface area contributed by atoms with E-state index in [0.29, 0.717) is 0 Å². The van der Waals surface area contributed by atoms with Crippen molar-refractivity contribution in [2.45, 2.75) is 31.6 Å². The molecule has 0 aromatic rings. The van der Waals surface area contributed by atoms with Crippen LogP contribution in [0.3, 0.4) is 0 Å². The van der Waals surface area contributed by atoms with Gasteiger partial charge in [0.05, 0.1) is 5.57 Å². The van der Waals surface area contributed by atoms with Gasteiger partial charge in [0.15, 0.2) is 11.7 Å². The van der Waals surface area contributed by atoms with Crippen molar-refractivity contribution in [3.05, 3.63) is 11.3 Å². The van der Waals surface area contributed by atoms with Crippen LogP contribution in [0.1, 0.15) is 26.2 Å². The second-order valence-corrected chi connectivity index (χ2v) is 7.69. The summed E-state index contributed by atoms with van der Waals surface area (Å²) in [5, 5.41) is 8.48. The summed E-state index contributed by atoms with van der Waals surface area (Å²) < 4.78 is 5.00. The van der Waals surface area contributed by atoms with E-state index in [9.17, 15) is 33.9 Å². The molecule has 3 atom stereocenters. The Kier molecular flexibility index (Phi) is 5.18. The third-order valence-corrected chi connectivity index (χ3v) is 6.15. The molecule has 2 heterocycles. The van der Waals surface area contributed by atoms with E-state index < -0.39 is 52.4 Å². The van der Waals surface area contributed by atoms with Crippen LogP contribution in [0.4, 0.5) is 0 Å². The van der Waals surface area contributed by atoms with Crippen LogP contribution in [0.2, 0.25) is 0 Å². The number of β-lactam (4-membered cyclic amide) rings is 1. The highest BCUT2D eigenvalue weighted by Crippen LogP contribution is 2.47.